The average molecular weight is 424 g/mol. The molecule has 0 bridgehead atoms. The maximum absolute atomic E-state index is 11.9. The van der Waals surface area contributed by atoms with Crippen LogP contribution in [0, 0.1) is 0 Å². The molecule has 30 heavy (non-hydrogen) atoms. The van der Waals surface area contributed by atoms with E-state index in [0.717, 1.165) is 16.7 Å². The molecular formula is C21H21LiO7S. The largest absolute Gasteiger partial charge is 1.00 e. The predicted molar refractivity (Wildman–Crippen MR) is 103 cm³/mol. The van der Waals surface area contributed by atoms with Gasteiger partial charge in [0.2, 0.25) is 0 Å². The van der Waals surface area contributed by atoms with E-state index in [2.05, 4.69) is 0 Å². The summed E-state index contributed by atoms with van der Waals surface area (Å²) in [6, 6.07) is 11.8. The molecule has 2 aromatic carbocycles. The van der Waals surface area contributed by atoms with Crippen LogP contribution in [0.1, 0.15) is 36.8 Å². The number of ether oxygens (including phenoxy) is 2. The summed E-state index contributed by atoms with van der Waals surface area (Å²) >= 11 is 0. The van der Waals surface area contributed by atoms with Gasteiger partial charge in [-0.3, -0.25) is 9.59 Å². The molecule has 0 saturated heterocycles. The van der Waals surface area contributed by atoms with Crippen LogP contribution in [0.5, 0.6) is 0 Å². The van der Waals surface area contributed by atoms with Gasteiger partial charge in [0.05, 0.1) is 19.1 Å². The third kappa shape index (κ3) is 4.47. The van der Waals surface area contributed by atoms with Crippen LogP contribution in [-0.4, -0.2) is 39.1 Å². The van der Waals surface area contributed by atoms with Crippen molar-refractivity contribution in [2.75, 3.05) is 14.2 Å². The fourth-order valence-electron chi connectivity index (χ4n) is 4.09. The molecule has 7 nitrogen and oxygen atoms in total. The Balaban J connectivity index is 0.00000320. The van der Waals surface area contributed by atoms with Gasteiger partial charge in [-0.25, -0.2) is 8.42 Å². The zero-order valence-electron chi connectivity index (χ0n) is 17.1. The Morgan fingerprint density at radius 2 is 1.43 bits per heavy atom. The van der Waals surface area contributed by atoms with Gasteiger partial charge >= 0.3 is 30.8 Å². The van der Waals surface area contributed by atoms with E-state index >= 15 is 0 Å². The van der Waals surface area contributed by atoms with Crippen molar-refractivity contribution in [3.63, 3.8) is 0 Å². The summed E-state index contributed by atoms with van der Waals surface area (Å²) in [5.41, 5.74) is 2.33. The maximum atomic E-state index is 11.9. The molecule has 0 aromatic heterocycles. The van der Waals surface area contributed by atoms with E-state index in [1.165, 1.54) is 26.4 Å². The van der Waals surface area contributed by atoms with E-state index in [9.17, 15) is 22.6 Å². The molecule has 1 aliphatic carbocycles. The van der Waals surface area contributed by atoms with Gasteiger partial charge in [0.25, 0.3) is 0 Å². The number of fused-ring (bicyclic) bond motifs is 3. The van der Waals surface area contributed by atoms with Crippen molar-refractivity contribution in [1.82, 2.24) is 0 Å². The zero-order chi connectivity index (χ0) is 21.2. The minimum atomic E-state index is -4.67. The van der Waals surface area contributed by atoms with Crippen LogP contribution in [0.25, 0.3) is 11.1 Å². The molecule has 9 heteroatoms. The monoisotopic (exact) mass is 424 g/mol. The Morgan fingerprint density at radius 3 is 1.97 bits per heavy atom. The van der Waals surface area contributed by atoms with E-state index in [1.54, 1.807) is 6.07 Å². The van der Waals surface area contributed by atoms with E-state index in [-0.39, 0.29) is 36.6 Å². The third-order valence-electron chi connectivity index (χ3n) is 5.50. The van der Waals surface area contributed by atoms with Gasteiger partial charge in [-0.15, -0.1) is 0 Å². The minimum Gasteiger partial charge on any atom is -0.744 e. The van der Waals surface area contributed by atoms with E-state index in [1.807, 2.05) is 24.3 Å². The number of carbonyl (C=O) groups is 2. The Hall–Kier alpha value is -2.11. The van der Waals surface area contributed by atoms with Gasteiger partial charge in [0.1, 0.15) is 10.1 Å². The average Bonchev–Trinajstić information content (AvgIpc) is 2.99. The van der Waals surface area contributed by atoms with E-state index in [4.69, 9.17) is 9.47 Å². The second-order valence-corrected chi connectivity index (χ2v) is 8.32. The maximum Gasteiger partial charge on any atom is 1.00 e. The van der Waals surface area contributed by atoms with Crippen molar-refractivity contribution in [2.24, 2.45) is 0 Å². The van der Waals surface area contributed by atoms with Crippen molar-refractivity contribution in [2.45, 2.75) is 36.0 Å². The molecule has 0 atom stereocenters. The second kappa shape index (κ2) is 9.36. The molecule has 2 aromatic rings. The van der Waals surface area contributed by atoms with E-state index in [0.29, 0.717) is 18.4 Å². The summed E-state index contributed by atoms with van der Waals surface area (Å²) in [6.45, 7) is 0. The third-order valence-corrected chi connectivity index (χ3v) is 6.33. The Morgan fingerprint density at radius 1 is 0.900 bits per heavy atom. The second-order valence-electron chi connectivity index (χ2n) is 6.94. The number of esters is 2. The van der Waals surface area contributed by atoms with Crippen LogP contribution in [-0.2, 0) is 34.6 Å². The normalized spacial score (nSPS) is 13.6. The van der Waals surface area contributed by atoms with Crippen molar-refractivity contribution in [3.05, 3.63) is 53.6 Å². The van der Waals surface area contributed by atoms with Crippen LogP contribution >= 0.6 is 0 Å². The summed E-state index contributed by atoms with van der Waals surface area (Å²) in [5, 5.41) is 0. The van der Waals surface area contributed by atoms with Gasteiger partial charge < -0.3 is 14.0 Å². The van der Waals surface area contributed by atoms with Crippen LogP contribution < -0.4 is 18.9 Å². The predicted octanol–water partition coefficient (Wildman–Crippen LogP) is -0.232. The van der Waals surface area contributed by atoms with Gasteiger partial charge in [-0.05, 0) is 47.2 Å². The van der Waals surface area contributed by atoms with Gasteiger partial charge in [0.15, 0.2) is 0 Å². The molecule has 0 spiro atoms. The minimum absolute atomic E-state index is 0. The summed E-state index contributed by atoms with van der Waals surface area (Å²) in [5.74, 6) is -0.832. The summed E-state index contributed by atoms with van der Waals surface area (Å²) in [7, 11) is -2.08. The molecule has 0 aliphatic heterocycles. The number of hydrogen-bond acceptors (Lipinski definition) is 7. The van der Waals surface area contributed by atoms with Gasteiger partial charge in [-0.1, -0.05) is 30.3 Å². The van der Waals surface area contributed by atoms with Crippen molar-refractivity contribution >= 4 is 22.1 Å². The molecule has 1 aliphatic rings. The zero-order valence-corrected chi connectivity index (χ0v) is 18.0. The summed E-state index contributed by atoms with van der Waals surface area (Å²) in [4.78, 5) is 23.4. The number of benzene rings is 2. The molecular weight excluding hydrogens is 403 g/mol. The molecule has 0 N–H and O–H groups in total. The summed E-state index contributed by atoms with van der Waals surface area (Å²) < 4.78 is 44.5. The van der Waals surface area contributed by atoms with Gasteiger partial charge in [-0.2, -0.15) is 0 Å². The first-order chi connectivity index (χ1) is 13.7. The molecule has 0 unspecified atom stereocenters. The standard InChI is InChI=1S/C21H22O7S.Li/c1-27-19(22)9-11-21(12-10-20(23)28-2)17-6-4-3-5-15(17)16-8-7-14(13-18(16)21)29(24,25)26;/h3-8,13H,9-12H2,1-2H3,(H,24,25,26);/q;+1/p-1. The van der Waals surface area contributed by atoms with Crippen LogP contribution in [0.4, 0.5) is 0 Å². The molecule has 0 radical (unpaired) electrons. The van der Waals surface area contributed by atoms with Crippen molar-refractivity contribution < 1.29 is 50.9 Å². The van der Waals surface area contributed by atoms with Gasteiger partial charge in [0, 0.05) is 18.3 Å². The smallest absolute Gasteiger partial charge is 0.744 e. The Labute approximate surface area is 187 Å². The molecule has 0 fully saturated rings. The Kier molecular flexibility index (Phi) is 7.53. The number of carbonyl (C=O) groups excluding carboxylic acids is 2. The quantitative estimate of drug-likeness (QED) is 0.343. The van der Waals surface area contributed by atoms with Crippen LogP contribution in [0.2, 0.25) is 0 Å². The first-order valence-corrected chi connectivity index (χ1v) is 10.5. The fourth-order valence-corrected chi connectivity index (χ4v) is 4.59. The molecule has 0 heterocycles. The van der Waals surface area contributed by atoms with Crippen LogP contribution in [0.15, 0.2) is 47.4 Å². The first-order valence-electron chi connectivity index (χ1n) is 9.07. The topological polar surface area (TPSA) is 110 Å². The van der Waals surface area contributed by atoms with Crippen molar-refractivity contribution in [1.29, 1.82) is 0 Å². The number of rotatable bonds is 7. The number of hydrogen-bond donors (Lipinski definition) is 0. The number of methoxy groups -OCH3 is 2. The molecule has 0 amide bonds. The molecule has 0 saturated carbocycles. The van der Waals surface area contributed by atoms with Crippen LogP contribution in [0.3, 0.4) is 0 Å². The van der Waals surface area contributed by atoms with Crippen molar-refractivity contribution in [3.8, 4) is 11.1 Å². The first kappa shape index (κ1) is 24.2. The summed E-state index contributed by atoms with van der Waals surface area (Å²) in [6.07, 6.45) is 0.728. The molecule has 3 rings (SSSR count). The van der Waals surface area contributed by atoms with E-state index < -0.39 is 27.5 Å². The molecule has 154 valence electrons. The fraction of sp³-hybridized carbons (Fsp3) is 0.333. The SMILES string of the molecule is COC(=O)CCC1(CCC(=O)OC)c2ccccc2-c2ccc(S(=O)(=O)[O-])cc21.[Li+]. The Bertz CT molecular complexity index is 1040.